The molecule has 110 valence electrons. The number of carbonyl (C=O) groups is 1. The van der Waals surface area contributed by atoms with E-state index in [2.05, 4.69) is 10.2 Å². The molecule has 1 saturated heterocycles. The normalized spacial score (nSPS) is 17.1. The zero-order chi connectivity index (χ0) is 14.5. The zero-order valence-electron chi connectivity index (χ0n) is 11.1. The summed E-state index contributed by atoms with van der Waals surface area (Å²) in [5.41, 5.74) is 1.10. The number of nitrogens with zero attached hydrogens (tertiary/aromatic N) is 1. The molecule has 0 aliphatic carbocycles. The van der Waals surface area contributed by atoms with Gasteiger partial charge in [-0.1, -0.05) is 23.2 Å². The Morgan fingerprint density at radius 1 is 1.25 bits per heavy atom. The molecule has 0 unspecified atom stereocenters. The van der Waals surface area contributed by atoms with Crippen LogP contribution in [0.2, 0.25) is 10.0 Å². The maximum Gasteiger partial charge on any atom is 0.245 e. The Hall–Kier alpha value is -0.810. The largest absolute Gasteiger partial charge is 0.387 e. The van der Waals surface area contributed by atoms with Crippen molar-refractivity contribution in [3.05, 3.63) is 33.8 Å². The van der Waals surface area contributed by atoms with Crippen molar-refractivity contribution in [3.8, 4) is 0 Å². The monoisotopic (exact) mass is 316 g/mol. The molecule has 0 saturated carbocycles. The molecular formula is C14H18Cl2N2O2. The van der Waals surface area contributed by atoms with Gasteiger partial charge in [0.2, 0.25) is 5.91 Å². The smallest absolute Gasteiger partial charge is 0.245 e. The molecule has 6 heteroatoms. The maximum absolute atomic E-state index is 11.1. The highest BCUT2D eigenvalue weighted by atomic mass is 35.5. The van der Waals surface area contributed by atoms with E-state index in [4.69, 9.17) is 28.3 Å². The number of rotatable bonds is 4. The lowest BCUT2D eigenvalue weighted by Gasteiger charge is -2.32. The summed E-state index contributed by atoms with van der Waals surface area (Å²) in [6, 6.07) is 5.73. The number of aliphatic hydroxyl groups is 1. The van der Waals surface area contributed by atoms with Gasteiger partial charge < -0.3 is 10.4 Å². The topological polar surface area (TPSA) is 52.6 Å². The number of nitrogens with one attached hydrogen (secondary N) is 1. The van der Waals surface area contributed by atoms with E-state index in [1.54, 1.807) is 6.07 Å². The summed E-state index contributed by atoms with van der Waals surface area (Å²) in [5.74, 6) is -0.301. The van der Waals surface area contributed by atoms with E-state index < -0.39 is 6.61 Å². The summed E-state index contributed by atoms with van der Waals surface area (Å²) < 4.78 is 0. The Kier molecular flexibility index (Phi) is 5.66. The third-order valence-electron chi connectivity index (χ3n) is 3.42. The van der Waals surface area contributed by atoms with Crippen LogP contribution in [0.4, 0.5) is 0 Å². The van der Waals surface area contributed by atoms with E-state index in [9.17, 15) is 4.79 Å². The van der Waals surface area contributed by atoms with Crippen LogP contribution in [-0.2, 0) is 11.3 Å². The summed E-state index contributed by atoms with van der Waals surface area (Å²) in [6.07, 6.45) is 1.78. The Balaban J connectivity index is 1.83. The minimum atomic E-state index is -0.443. The van der Waals surface area contributed by atoms with Crippen LogP contribution in [0.3, 0.4) is 0 Å². The molecule has 2 rings (SSSR count). The van der Waals surface area contributed by atoms with Crippen molar-refractivity contribution in [1.82, 2.24) is 10.2 Å². The molecule has 1 aromatic carbocycles. The molecule has 20 heavy (non-hydrogen) atoms. The highest BCUT2D eigenvalue weighted by molar-refractivity contribution is 6.34. The zero-order valence-corrected chi connectivity index (χ0v) is 12.6. The number of likely N-dealkylation sites (tertiary alicyclic amines) is 1. The number of hydrogen-bond donors (Lipinski definition) is 2. The summed E-state index contributed by atoms with van der Waals surface area (Å²) >= 11 is 12.0. The molecule has 1 fully saturated rings. The molecule has 0 aromatic heterocycles. The van der Waals surface area contributed by atoms with Crippen molar-refractivity contribution in [1.29, 1.82) is 0 Å². The molecule has 0 bridgehead atoms. The van der Waals surface area contributed by atoms with Crippen molar-refractivity contribution < 1.29 is 9.90 Å². The third-order valence-corrected chi connectivity index (χ3v) is 3.86. The van der Waals surface area contributed by atoms with E-state index in [0.29, 0.717) is 10.0 Å². The van der Waals surface area contributed by atoms with E-state index >= 15 is 0 Å². The molecule has 1 amide bonds. The van der Waals surface area contributed by atoms with Crippen LogP contribution < -0.4 is 5.32 Å². The van der Waals surface area contributed by atoms with Crippen molar-refractivity contribution in [3.63, 3.8) is 0 Å². The van der Waals surface area contributed by atoms with E-state index in [1.807, 2.05) is 12.1 Å². The van der Waals surface area contributed by atoms with Crippen LogP contribution in [-0.4, -0.2) is 41.7 Å². The fourth-order valence-electron chi connectivity index (χ4n) is 2.47. The number of hydrogen-bond acceptors (Lipinski definition) is 3. The van der Waals surface area contributed by atoms with Crippen molar-refractivity contribution >= 4 is 29.1 Å². The van der Waals surface area contributed by atoms with Gasteiger partial charge >= 0.3 is 0 Å². The molecule has 1 aromatic rings. The van der Waals surface area contributed by atoms with Gasteiger partial charge in [-0.15, -0.1) is 0 Å². The minimum Gasteiger partial charge on any atom is -0.387 e. The molecule has 0 atom stereocenters. The molecule has 2 N–H and O–H groups in total. The van der Waals surface area contributed by atoms with E-state index in [0.717, 1.165) is 38.0 Å². The Morgan fingerprint density at radius 3 is 2.40 bits per heavy atom. The van der Waals surface area contributed by atoms with Gasteiger partial charge in [-0.25, -0.2) is 0 Å². The van der Waals surface area contributed by atoms with Gasteiger partial charge in [-0.3, -0.25) is 9.69 Å². The van der Waals surface area contributed by atoms with Crippen LogP contribution in [0.1, 0.15) is 18.4 Å². The Labute approximate surface area is 128 Å². The molecule has 1 aliphatic rings. The number of aliphatic hydroxyl groups excluding tert-OH is 1. The predicted molar refractivity (Wildman–Crippen MR) is 80.0 cm³/mol. The second-order valence-corrected chi connectivity index (χ2v) is 5.93. The number of benzene rings is 1. The Morgan fingerprint density at radius 2 is 1.85 bits per heavy atom. The highest BCUT2D eigenvalue weighted by Crippen LogP contribution is 2.21. The van der Waals surface area contributed by atoms with Crippen molar-refractivity contribution in [2.24, 2.45) is 0 Å². The standard InChI is InChI=1S/C14H18Cl2N2O2/c15-11-5-10(6-12(16)7-11)8-18-3-1-13(2-4-18)17-14(20)9-19/h5-7,13,19H,1-4,8-9H2,(H,17,20). The number of halogens is 2. The molecule has 0 radical (unpaired) electrons. The van der Waals surface area contributed by atoms with Crippen LogP contribution in [0.25, 0.3) is 0 Å². The van der Waals surface area contributed by atoms with Gasteiger partial charge in [0, 0.05) is 35.7 Å². The van der Waals surface area contributed by atoms with Crippen LogP contribution in [0.15, 0.2) is 18.2 Å². The second-order valence-electron chi connectivity index (χ2n) is 5.05. The average Bonchev–Trinajstić information content (AvgIpc) is 2.39. The first kappa shape index (κ1) is 15.6. The first-order valence-corrected chi connectivity index (χ1v) is 7.40. The lowest BCUT2D eigenvalue weighted by Crippen LogP contribution is -2.45. The van der Waals surface area contributed by atoms with Crippen molar-refractivity contribution in [2.45, 2.75) is 25.4 Å². The molecule has 1 aliphatic heterocycles. The fourth-order valence-corrected chi connectivity index (χ4v) is 3.04. The number of amides is 1. The molecular weight excluding hydrogens is 299 g/mol. The Bertz CT molecular complexity index is 454. The highest BCUT2D eigenvalue weighted by Gasteiger charge is 2.20. The predicted octanol–water partition coefficient (Wildman–Crippen LogP) is 2.07. The van der Waals surface area contributed by atoms with Gasteiger partial charge in [0.25, 0.3) is 0 Å². The van der Waals surface area contributed by atoms with Gasteiger partial charge in [0.1, 0.15) is 6.61 Å². The van der Waals surface area contributed by atoms with E-state index in [-0.39, 0.29) is 11.9 Å². The van der Waals surface area contributed by atoms with E-state index in [1.165, 1.54) is 0 Å². The molecule has 0 spiro atoms. The van der Waals surface area contributed by atoms with Gasteiger partial charge in [-0.05, 0) is 36.6 Å². The van der Waals surface area contributed by atoms with Crippen LogP contribution in [0, 0.1) is 0 Å². The van der Waals surface area contributed by atoms with Crippen molar-refractivity contribution in [2.75, 3.05) is 19.7 Å². The quantitative estimate of drug-likeness (QED) is 0.894. The molecule has 1 heterocycles. The SMILES string of the molecule is O=C(CO)NC1CCN(Cc2cc(Cl)cc(Cl)c2)CC1. The fraction of sp³-hybridized carbons (Fsp3) is 0.500. The van der Waals surface area contributed by atoms with Gasteiger partial charge in [-0.2, -0.15) is 0 Å². The molecule has 4 nitrogen and oxygen atoms in total. The van der Waals surface area contributed by atoms with Crippen LogP contribution >= 0.6 is 23.2 Å². The summed E-state index contributed by atoms with van der Waals surface area (Å²) in [7, 11) is 0. The lowest BCUT2D eigenvalue weighted by atomic mass is 10.0. The number of piperidine rings is 1. The minimum absolute atomic E-state index is 0.161. The second kappa shape index (κ2) is 7.27. The number of carbonyl (C=O) groups excluding carboxylic acids is 1. The van der Waals surface area contributed by atoms with Gasteiger partial charge in [0.05, 0.1) is 0 Å². The first-order chi connectivity index (χ1) is 9.56. The third kappa shape index (κ3) is 4.63. The first-order valence-electron chi connectivity index (χ1n) is 6.64. The average molecular weight is 317 g/mol. The summed E-state index contributed by atoms with van der Waals surface area (Å²) in [6.45, 7) is 2.17. The summed E-state index contributed by atoms with van der Waals surface area (Å²) in [4.78, 5) is 13.4. The summed E-state index contributed by atoms with van der Waals surface area (Å²) in [5, 5.41) is 12.8. The van der Waals surface area contributed by atoms with Gasteiger partial charge in [0.15, 0.2) is 0 Å². The lowest BCUT2D eigenvalue weighted by molar-refractivity contribution is -0.124. The maximum atomic E-state index is 11.1. The van der Waals surface area contributed by atoms with Crippen LogP contribution in [0.5, 0.6) is 0 Å².